The molecular formula is C19H23N3O. The monoisotopic (exact) mass is 309 g/mol. The fourth-order valence-electron chi connectivity index (χ4n) is 2.17. The first kappa shape index (κ1) is 16.7. The first-order valence-electron chi connectivity index (χ1n) is 7.77. The second-order valence-corrected chi connectivity index (χ2v) is 5.58. The Bertz CT molecular complexity index is 633. The van der Waals surface area contributed by atoms with Crippen molar-refractivity contribution in [1.82, 2.24) is 10.3 Å². The van der Waals surface area contributed by atoms with E-state index in [4.69, 9.17) is 0 Å². The Kier molecular flexibility index (Phi) is 6.36. The van der Waals surface area contributed by atoms with E-state index in [-0.39, 0.29) is 5.91 Å². The maximum absolute atomic E-state index is 11.7. The molecule has 4 nitrogen and oxygen atoms in total. The lowest BCUT2D eigenvalue weighted by Gasteiger charge is -2.12. The van der Waals surface area contributed by atoms with Crippen molar-refractivity contribution in [3.05, 3.63) is 66.0 Å². The SMILES string of the molecule is CN(C)c1ccc(CCCNC(=O)/C=C/c2cccnc2)cc1. The van der Waals surface area contributed by atoms with E-state index in [9.17, 15) is 4.79 Å². The van der Waals surface area contributed by atoms with Gasteiger partial charge in [0.15, 0.2) is 0 Å². The zero-order chi connectivity index (χ0) is 16.5. The highest BCUT2D eigenvalue weighted by atomic mass is 16.1. The van der Waals surface area contributed by atoms with Crippen LogP contribution in [0.2, 0.25) is 0 Å². The topological polar surface area (TPSA) is 45.2 Å². The summed E-state index contributed by atoms with van der Waals surface area (Å²) in [6.07, 6.45) is 8.63. The van der Waals surface area contributed by atoms with Crippen LogP contribution in [0.15, 0.2) is 54.9 Å². The quantitative estimate of drug-likeness (QED) is 0.632. The summed E-state index contributed by atoms with van der Waals surface area (Å²) in [6, 6.07) is 12.3. The van der Waals surface area contributed by atoms with Gasteiger partial charge in [-0.2, -0.15) is 0 Å². The summed E-state index contributed by atoms with van der Waals surface area (Å²) in [7, 11) is 4.06. The van der Waals surface area contributed by atoms with Crippen LogP contribution in [0.5, 0.6) is 0 Å². The van der Waals surface area contributed by atoms with Gasteiger partial charge in [-0.05, 0) is 48.2 Å². The lowest BCUT2D eigenvalue weighted by atomic mass is 10.1. The van der Waals surface area contributed by atoms with Crippen LogP contribution in [0.3, 0.4) is 0 Å². The smallest absolute Gasteiger partial charge is 0.244 e. The van der Waals surface area contributed by atoms with Crippen molar-refractivity contribution in [2.45, 2.75) is 12.8 Å². The van der Waals surface area contributed by atoms with Crippen LogP contribution in [0.4, 0.5) is 5.69 Å². The van der Waals surface area contributed by atoms with E-state index in [1.807, 2.05) is 26.2 Å². The molecule has 1 aromatic heterocycles. The van der Waals surface area contributed by atoms with Crippen LogP contribution >= 0.6 is 0 Å². The van der Waals surface area contributed by atoms with Crippen molar-refractivity contribution in [2.24, 2.45) is 0 Å². The molecule has 4 heteroatoms. The average Bonchev–Trinajstić information content (AvgIpc) is 2.58. The zero-order valence-electron chi connectivity index (χ0n) is 13.7. The molecule has 0 fully saturated rings. The van der Waals surface area contributed by atoms with E-state index in [1.165, 1.54) is 11.3 Å². The Morgan fingerprint density at radius 2 is 2.00 bits per heavy atom. The van der Waals surface area contributed by atoms with Gasteiger partial charge in [0.25, 0.3) is 0 Å². The summed E-state index contributed by atoms with van der Waals surface area (Å²) in [5.41, 5.74) is 3.40. The highest BCUT2D eigenvalue weighted by Gasteiger charge is 1.98. The molecule has 0 atom stereocenters. The summed E-state index contributed by atoms with van der Waals surface area (Å²) in [4.78, 5) is 17.8. The minimum absolute atomic E-state index is 0.0724. The summed E-state index contributed by atoms with van der Waals surface area (Å²) in [6.45, 7) is 0.672. The highest BCUT2D eigenvalue weighted by molar-refractivity contribution is 5.91. The molecule has 0 aliphatic carbocycles. The number of anilines is 1. The molecule has 0 spiro atoms. The third kappa shape index (κ3) is 5.94. The molecule has 2 rings (SSSR count). The summed E-state index contributed by atoms with van der Waals surface area (Å²) in [5, 5.41) is 2.90. The predicted octanol–water partition coefficient (Wildman–Crippen LogP) is 2.91. The van der Waals surface area contributed by atoms with Crippen molar-refractivity contribution in [1.29, 1.82) is 0 Å². The normalized spacial score (nSPS) is 10.7. The van der Waals surface area contributed by atoms with Crippen LogP contribution in [0, 0.1) is 0 Å². The standard InChI is InChI=1S/C19H23N3O/c1-22(2)18-10-7-16(8-11-18)5-4-14-21-19(23)12-9-17-6-3-13-20-15-17/h3,6-13,15H,4-5,14H2,1-2H3,(H,21,23)/b12-9+. The van der Waals surface area contributed by atoms with Crippen LogP contribution in [0.25, 0.3) is 6.08 Å². The van der Waals surface area contributed by atoms with E-state index < -0.39 is 0 Å². The fraction of sp³-hybridized carbons (Fsp3) is 0.263. The molecule has 0 saturated heterocycles. The number of carbonyl (C=O) groups is 1. The minimum Gasteiger partial charge on any atom is -0.378 e. The first-order valence-corrected chi connectivity index (χ1v) is 7.77. The number of aromatic nitrogens is 1. The second-order valence-electron chi connectivity index (χ2n) is 5.58. The van der Waals surface area contributed by atoms with Crippen LogP contribution < -0.4 is 10.2 Å². The second kappa shape index (κ2) is 8.73. The Hall–Kier alpha value is -2.62. The largest absolute Gasteiger partial charge is 0.378 e. The number of pyridine rings is 1. The summed E-state index contributed by atoms with van der Waals surface area (Å²) in [5.74, 6) is -0.0724. The molecule has 1 aromatic carbocycles. The van der Waals surface area contributed by atoms with E-state index >= 15 is 0 Å². The van der Waals surface area contributed by atoms with Gasteiger partial charge in [-0.3, -0.25) is 9.78 Å². The molecule has 0 bridgehead atoms. The molecule has 2 aromatic rings. The average molecular weight is 309 g/mol. The van der Waals surface area contributed by atoms with Crippen LogP contribution in [-0.2, 0) is 11.2 Å². The number of nitrogens with zero attached hydrogens (tertiary/aromatic N) is 2. The maximum atomic E-state index is 11.7. The van der Waals surface area contributed by atoms with E-state index in [0.29, 0.717) is 6.54 Å². The van der Waals surface area contributed by atoms with Gasteiger partial charge in [-0.25, -0.2) is 0 Å². The fourth-order valence-corrected chi connectivity index (χ4v) is 2.17. The van der Waals surface area contributed by atoms with Gasteiger partial charge in [0, 0.05) is 44.8 Å². The Morgan fingerprint density at radius 3 is 2.65 bits per heavy atom. The van der Waals surface area contributed by atoms with Gasteiger partial charge in [-0.1, -0.05) is 18.2 Å². The van der Waals surface area contributed by atoms with Crippen LogP contribution in [0.1, 0.15) is 17.5 Å². The van der Waals surface area contributed by atoms with Crippen LogP contribution in [-0.4, -0.2) is 31.5 Å². The molecule has 0 aliphatic rings. The van der Waals surface area contributed by atoms with E-state index in [0.717, 1.165) is 18.4 Å². The number of rotatable bonds is 7. The molecule has 1 heterocycles. The number of aryl methyl sites for hydroxylation is 1. The number of nitrogens with one attached hydrogen (secondary N) is 1. The van der Waals surface area contributed by atoms with Gasteiger partial charge < -0.3 is 10.2 Å². The van der Waals surface area contributed by atoms with Gasteiger partial charge in [0.2, 0.25) is 5.91 Å². The van der Waals surface area contributed by atoms with Crippen molar-refractivity contribution >= 4 is 17.7 Å². The molecule has 0 unspecified atom stereocenters. The van der Waals surface area contributed by atoms with Crippen molar-refractivity contribution in [3.8, 4) is 0 Å². The maximum Gasteiger partial charge on any atom is 0.244 e. The molecule has 1 N–H and O–H groups in total. The van der Waals surface area contributed by atoms with Gasteiger partial charge in [0.1, 0.15) is 0 Å². The Morgan fingerprint density at radius 1 is 1.22 bits per heavy atom. The van der Waals surface area contributed by atoms with Crippen molar-refractivity contribution < 1.29 is 4.79 Å². The number of benzene rings is 1. The van der Waals surface area contributed by atoms with E-state index in [1.54, 1.807) is 24.5 Å². The van der Waals surface area contributed by atoms with Crippen molar-refractivity contribution in [2.75, 3.05) is 25.5 Å². The zero-order valence-corrected chi connectivity index (χ0v) is 13.7. The third-order valence-electron chi connectivity index (χ3n) is 3.51. The molecule has 120 valence electrons. The summed E-state index contributed by atoms with van der Waals surface area (Å²) < 4.78 is 0. The van der Waals surface area contributed by atoms with Gasteiger partial charge >= 0.3 is 0 Å². The summed E-state index contributed by atoms with van der Waals surface area (Å²) >= 11 is 0. The lowest BCUT2D eigenvalue weighted by Crippen LogP contribution is -2.22. The minimum atomic E-state index is -0.0724. The molecule has 0 saturated carbocycles. The lowest BCUT2D eigenvalue weighted by molar-refractivity contribution is -0.116. The first-order chi connectivity index (χ1) is 11.1. The predicted molar refractivity (Wildman–Crippen MR) is 95.4 cm³/mol. The van der Waals surface area contributed by atoms with Gasteiger partial charge in [-0.15, -0.1) is 0 Å². The Balaban J connectivity index is 1.68. The number of carbonyl (C=O) groups excluding carboxylic acids is 1. The number of hydrogen-bond acceptors (Lipinski definition) is 3. The molecular weight excluding hydrogens is 286 g/mol. The number of hydrogen-bond donors (Lipinski definition) is 1. The third-order valence-corrected chi connectivity index (χ3v) is 3.51. The molecule has 0 aliphatic heterocycles. The molecule has 23 heavy (non-hydrogen) atoms. The van der Waals surface area contributed by atoms with Crippen molar-refractivity contribution in [3.63, 3.8) is 0 Å². The number of amides is 1. The Labute approximate surface area is 137 Å². The van der Waals surface area contributed by atoms with Gasteiger partial charge in [0.05, 0.1) is 0 Å². The molecule has 1 amide bonds. The molecule has 0 radical (unpaired) electrons. The van der Waals surface area contributed by atoms with E-state index in [2.05, 4.69) is 39.5 Å². The highest BCUT2D eigenvalue weighted by Crippen LogP contribution is 2.13.